The molecule has 1 saturated heterocycles. The van der Waals surface area contributed by atoms with Gasteiger partial charge in [0, 0.05) is 12.6 Å². The number of morpholine rings is 1. The van der Waals surface area contributed by atoms with Crippen molar-refractivity contribution in [1.29, 1.82) is 0 Å². The third-order valence-corrected chi connectivity index (χ3v) is 5.80. The fourth-order valence-corrected chi connectivity index (χ4v) is 4.00. The molecule has 3 aromatic rings. The first-order valence-electron chi connectivity index (χ1n) is 8.71. The van der Waals surface area contributed by atoms with Crippen LogP contribution in [-0.2, 0) is 11.3 Å². The van der Waals surface area contributed by atoms with Crippen LogP contribution in [0.25, 0.3) is 10.2 Å². The van der Waals surface area contributed by atoms with Crippen LogP contribution in [0, 0.1) is 0 Å². The number of hydrogen-bond donors (Lipinski definition) is 0. The molecule has 3 heterocycles. The fraction of sp³-hybridized carbons (Fsp3) is 0.368. The van der Waals surface area contributed by atoms with E-state index in [1.54, 1.807) is 7.11 Å². The monoisotopic (exact) mass is 405 g/mol. The van der Waals surface area contributed by atoms with Gasteiger partial charge in [-0.15, -0.1) is 0 Å². The molecule has 0 amide bonds. The topological polar surface area (TPSA) is 56.7 Å². The number of nitrogens with zero attached hydrogens (tertiary/aromatic N) is 3. The summed E-state index contributed by atoms with van der Waals surface area (Å²) in [7, 11) is 1.65. The zero-order valence-electron chi connectivity index (χ0n) is 15.1. The molecule has 27 heavy (non-hydrogen) atoms. The number of anilines is 1. The van der Waals surface area contributed by atoms with Crippen molar-refractivity contribution < 1.29 is 14.2 Å². The molecule has 0 spiro atoms. The van der Waals surface area contributed by atoms with E-state index in [1.807, 2.05) is 30.3 Å². The smallest absolute Gasteiger partial charge is 0.252 e. The summed E-state index contributed by atoms with van der Waals surface area (Å²) in [6.07, 6.45) is 0. The van der Waals surface area contributed by atoms with Crippen molar-refractivity contribution in [2.75, 3.05) is 31.8 Å². The van der Waals surface area contributed by atoms with E-state index in [9.17, 15) is 0 Å². The normalized spacial score (nSPS) is 17.3. The number of hydrogen-bond acceptors (Lipinski definition) is 7. The lowest BCUT2D eigenvalue weighted by molar-refractivity contribution is 0.0985. The maximum absolute atomic E-state index is 6.50. The van der Waals surface area contributed by atoms with E-state index < -0.39 is 0 Å². The molecule has 0 N–H and O–H groups in total. The molecular formula is C19H20ClN3O3S. The van der Waals surface area contributed by atoms with Gasteiger partial charge in [0.25, 0.3) is 5.88 Å². The average Bonchev–Trinajstić information content (AvgIpc) is 3.10. The van der Waals surface area contributed by atoms with Gasteiger partial charge in [-0.3, -0.25) is 0 Å². The molecule has 6 nitrogen and oxygen atoms in total. The quantitative estimate of drug-likeness (QED) is 0.635. The Labute approximate surface area is 166 Å². The molecule has 1 aliphatic rings. The van der Waals surface area contributed by atoms with Crippen LogP contribution in [0.3, 0.4) is 0 Å². The Morgan fingerprint density at radius 3 is 2.89 bits per heavy atom. The minimum absolute atomic E-state index is 0.245. The van der Waals surface area contributed by atoms with Gasteiger partial charge in [-0.1, -0.05) is 23.7 Å². The van der Waals surface area contributed by atoms with E-state index in [-0.39, 0.29) is 6.04 Å². The van der Waals surface area contributed by atoms with Crippen molar-refractivity contribution in [2.45, 2.75) is 19.6 Å². The molecule has 0 radical (unpaired) electrons. The third kappa shape index (κ3) is 3.81. The molecular weight excluding hydrogens is 386 g/mol. The van der Waals surface area contributed by atoms with Crippen molar-refractivity contribution in [1.82, 2.24) is 9.36 Å². The summed E-state index contributed by atoms with van der Waals surface area (Å²) in [5.74, 6) is 2.16. The summed E-state index contributed by atoms with van der Waals surface area (Å²) < 4.78 is 21.9. The molecule has 8 heteroatoms. The molecule has 142 valence electrons. The maximum atomic E-state index is 6.50. The summed E-state index contributed by atoms with van der Waals surface area (Å²) in [5.41, 5.74) is 1.73. The first kappa shape index (κ1) is 18.3. The van der Waals surface area contributed by atoms with Crippen LogP contribution in [0.15, 0.2) is 30.3 Å². The lowest BCUT2D eigenvalue weighted by Crippen LogP contribution is -2.44. The summed E-state index contributed by atoms with van der Waals surface area (Å²) in [4.78, 5) is 7.01. The van der Waals surface area contributed by atoms with Crippen LogP contribution in [0.1, 0.15) is 12.5 Å². The number of pyridine rings is 1. The first-order valence-corrected chi connectivity index (χ1v) is 9.87. The average molecular weight is 406 g/mol. The third-order valence-electron chi connectivity index (χ3n) is 4.53. The van der Waals surface area contributed by atoms with E-state index in [1.165, 1.54) is 11.5 Å². The Morgan fingerprint density at radius 1 is 1.33 bits per heavy atom. The Kier molecular flexibility index (Phi) is 5.33. The zero-order valence-corrected chi connectivity index (χ0v) is 16.7. The van der Waals surface area contributed by atoms with Gasteiger partial charge in [-0.05, 0) is 36.2 Å². The fourth-order valence-electron chi connectivity index (χ4n) is 3.03. The van der Waals surface area contributed by atoms with Crippen molar-refractivity contribution in [3.63, 3.8) is 0 Å². The number of aromatic nitrogens is 2. The second-order valence-corrected chi connectivity index (χ2v) is 7.56. The van der Waals surface area contributed by atoms with Gasteiger partial charge in [0.05, 0.1) is 36.1 Å². The Hall–Kier alpha value is -2.09. The Balaban J connectivity index is 1.59. The molecule has 2 aromatic heterocycles. The largest absolute Gasteiger partial charge is 0.497 e. The first-order chi connectivity index (χ1) is 13.2. The highest BCUT2D eigenvalue weighted by Crippen LogP contribution is 2.36. The van der Waals surface area contributed by atoms with E-state index in [4.69, 9.17) is 30.8 Å². The molecule has 1 aliphatic heterocycles. The number of halogens is 1. The van der Waals surface area contributed by atoms with E-state index in [0.29, 0.717) is 36.2 Å². The molecule has 0 bridgehead atoms. The molecule has 4 rings (SSSR count). The number of ether oxygens (including phenoxy) is 3. The predicted octanol–water partition coefficient (Wildman–Crippen LogP) is 4.16. The second-order valence-electron chi connectivity index (χ2n) is 6.38. The maximum Gasteiger partial charge on any atom is 0.252 e. The number of fused-ring (bicyclic) bond motifs is 1. The number of methoxy groups -OCH3 is 1. The minimum atomic E-state index is 0.245. The second kappa shape index (κ2) is 7.88. The van der Waals surface area contributed by atoms with Crippen molar-refractivity contribution in [3.05, 3.63) is 40.9 Å². The predicted molar refractivity (Wildman–Crippen MR) is 107 cm³/mol. The van der Waals surface area contributed by atoms with Gasteiger partial charge >= 0.3 is 0 Å². The van der Waals surface area contributed by atoms with Crippen LogP contribution in [0.2, 0.25) is 5.02 Å². The van der Waals surface area contributed by atoms with Crippen LogP contribution in [-0.4, -0.2) is 42.3 Å². The van der Waals surface area contributed by atoms with Gasteiger partial charge in [-0.2, -0.15) is 4.37 Å². The van der Waals surface area contributed by atoms with E-state index in [2.05, 4.69) is 16.2 Å². The SMILES string of the molecule is COc1ccc(COc2nsc3c(Cl)cc(N4CCOC[C@H]4C)nc23)cc1. The highest BCUT2D eigenvalue weighted by molar-refractivity contribution is 7.14. The minimum Gasteiger partial charge on any atom is -0.497 e. The summed E-state index contributed by atoms with van der Waals surface area (Å²) in [5, 5.41) is 0.644. The summed E-state index contributed by atoms with van der Waals surface area (Å²) in [6, 6.07) is 9.89. The molecule has 1 fully saturated rings. The standard InChI is InChI=1S/C19H20ClN3O3S/c1-12-10-25-8-7-23(12)16-9-15(20)18-17(21-16)19(22-27-18)26-11-13-3-5-14(24-2)6-4-13/h3-6,9,12H,7-8,10-11H2,1-2H3/t12-/m1/s1. The van der Waals surface area contributed by atoms with Crippen LogP contribution in [0.4, 0.5) is 5.82 Å². The lowest BCUT2D eigenvalue weighted by atomic mass is 10.2. The molecule has 1 atom stereocenters. The summed E-state index contributed by atoms with van der Waals surface area (Å²) >= 11 is 7.80. The molecule has 0 aliphatic carbocycles. The van der Waals surface area contributed by atoms with E-state index in [0.717, 1.165) is 28.4 Å². The lowest BCUT2D eigenvalue weighted by Gasteiger charge is -2.34. The van der Waals surface area contributed by atoms with Gasteiger partial charge < -0.3 is 19.1 Å². The Morgan fingerprint density at radius 2 is 2.15 bits per heavy atom. The van der Waals surface area contributed by atoms with Gasteiger partial charge in [0.15, 0.2) is 0 Å². The highest BCUT2D eigenvalue weighted by atomic mass is 35.5. The van der Waals surface area contributed by atoms with E-state index >= 15 is 0 Å². The van der Waals surface area contributed by atoms with Gasteiger partial charge in [-0.25, -0.2) is 4.98 Å². The Bertz CT molecular complexity index is 932. The number of benzene rings is 1. The van der Waals surface area contributed by atoms with Gasteiger partial charge in [0.2, 0.25) is 0 Å². The van der Waals surface area contributed by atoms with Gasteiger partial charge in [0.1, 0.15) is 23.7 Å². The molecule has 0 unspecified atom stereocenters. The molecule has 0 saturated carbocycles. The van der Waals surface area contributed by atoms with Crippen molar-refractivity contribution in [2.24, 2.45) is 0 Å². The van der Waals surface area contributed by atoms with Crippen LogP contribution >= 0.6 is 23.1 Å². The zero-order chi connectivity index (χ0) is 18.8. The highest BCUT2D eigenvalue weighted by Gasteiger charge is 2.23. The van der Waals surface area contributed by atoms with Crippen LogP contribution < -0.4 is 14.4 Å². The van der Waals surface area contributed by atoms with Crippen molar-refractivity contribution >= 4 is 39.2 Å². The van der Waals surface area contributed by atoms with Crippen molar-refractivity contribution in [3.8, 4) is 11.6 Å². The molecule has 1 aromatic carbocycles. The number of rotatable bonds is 5. The van der Waals surface area contributed by atoms with Crippen LogP contribution in [0.5, 0.6) is 11.6 Å². The summed E-state index contributed by atoms with van der Waals surface area (Å²) in [6.45, 7) is 4.67.